The van der Waals surface area contributed by atoms with Crippen LogP contribution in [0.3, 0.4) is 0 Å². The van der Waals surface area contributed by atoms with E-state index < -0.39 is 5.60 Å². The van der Waals surface area contributed by atoms with Gasteiger partial charge in [-0.25, -0.2) is 4.79 Å². The number of amides is 1. The lowest BCUT2D eigenvalue weighted by molar-refractivity contribution is -0.183. The molecule has 0 spiro atoms. The van der Waals surface area contributed by atoms with Gasteiger partial charge >= 0.3 is 6.09 Å². The molecule has 122 valence electrons. The Kier molecular flexibility index (Phi) is 5.88. The van der Waals surface area contributed by atoms with E-state index in [1.807, 2.05) is 20.8 Å². The minimum absolute atomic E-state index is 0.280. The fraction of sp³-hybridized carbons (Fsp3) is 0.938. The van der Waals surface area contributed by atoms with E-state index in [9.17, 15) is 4.79 Å². The molecule has 2 aliphatic rings. The summed E-state index contributed by atoms with van der Waals surface area (Å²) < 4.78 is 16.9. The maximum atomic E-state index is 12.1. The Morgan fingerprint density at radius 2 is 1.95 bits per heavy atom. The zero-order valence-corrected chi connectivity index (χ0v) is 13.6. The summed E-state index contributed by atoms with van der Waals surface area (Å²) in [6, 6.07) is 0. The zero-order chi connectivity index (χ0) is 15.3. The van der Waals surface area contributed by atoms with E-state index in [1.54, 1.807) is 4.90 Å². The second kappa shape index (κ2) is 7.45. The van der Waals surface area contributed by atoms with E-state index in [2.05, 4.69) is 0 Å². The molecule has 0 aromatic heterocycles. The summed E-state index contributed by atoms with van der Waals surface area (Å²) >= 11 is 0. The smallest absolute Gasteiger partial charge is 0.410 e. The van der Waals surface area contributed by atoms with Gasteiger partial charge in [0.05, 0.1) is 19.8 Å². The molecule has 2 rings (SSSR count). The lowest BCUT2D eigenvalue weighted by Gasteiger charge is -2.34. The van der Waals surface area contributed by atoms with Crippen molar-refractivity contribution in [1.82, 2.24) is 4.90 Å². The van der Waals surface area contributed by atoms with Crippen molar-refractivity contribution in [3.8, 4) is 0 Å². The molecule has 0 N–H and O–H groups in total. The van der Waals surface area contributed by atoms with Gasteiger partial charge in [0.15, 0.2) is 6.29 Å². The Morgan fingerprint density at radius 3 is 2.62 bits per heavy atom. The van der Waals surface area contributed by atoms with Crippen LogP contribution in [0.25, 0.3) is 0 Å². The third kappa shape index (κ3) is 5.83. The highest BCUT2D eigenvalue weighted by molar-refractivity contribution is 5.68. The molecule has 0 radical (unpaired) electrons. The van der Waals surface area contributed by atoms with Gasteiger partial charge in [-0.05, 0) is 39.5 Å². The molecule has 0 aromatic rings. The lowest BCUT2D eigenvalue weighted by atomic mass is 9.90. The molecule has 21 heavy (non-hydrogen) atoms. The zero-order valence-electron chi connectivity index (χ0n) is 13.6. The van der Waals surface area contributed by atoms with E-state index in [0.29, 0.717) is 25.6 Å². The van der Waals surface area contributed by atoms with Gasteiger partial charge in [-0.15, -0.1) is 0 Å². The van der Waals surface area contributed by atoms with Gasteiger partial charge in [0.25, 0.3) is 0 Å². The summed E-state index contributed by atoms with van der Waals surface area (Å²) in [6.07, 6.45) is 5.88. The van der Waals surface area contributed by atoms with Gasteiger partial charge in [0.1, 0.15) is 5.60 Å². The normalized spacial score (nSPS) is 24.9. The number of hydrogen-bond donors (Lipinski definition) is 0. The maximum Gasteiger partial charge on any atom is 0.410 e. The summed E-state index contributed by atoms with van der Waals surface area (Å²) in [5.74, 6) is 0.652. The molecule has 5 nitrogen and oxygen atoms in total. The predicted molar refractivity (Wildman–Crippen MR) is 80.1 cm³/mol. The van der Waals surface area contributed by atoms with Gasteiger partial charge in [0, 0.05) is 6.54 Å². The molecule has 0 aromatic carbocycles. The second-order valence-electron chi connectivity index (χ2n) is 7.06. The number of carbonyl (C=O) groups is 1. The van der Waals surface area contributed by atoms with Crippen LogP contribution in [-0.2, 0) is 14.2 Å². The van der Waals surface area contributed by atoms with E-state index >= 15 is 0 Å². The Morgan fingerprint density at radius 1 is 1.24 bits per heavy atom. The minimum Gasteiger partial charge on any atom is -0.444 e. The van der Waals surface area contributed by atoms with Gasteiger partial charge < -0.3 is 19.1 Å². The highest BCUT2D eigenvalue weighted by Gasteiger charge is 2.29. The van der Waals surface area contributed by atoms with E-state index in [0.717, 1.165) is 6.61 Å². The summed E-state index contributed by atoms with van der Waals surface area (Å²) in [5, 5.41) is 0. The van der Waals surface area contributed by atoms with Crippen LogP contribution in [-0.4, -0.2) is 49.2 Å². The monoisotopic (exact) mass is 299 g/mol. The molecular weight excluding hydrogens is 270 g/mol. The first kappa shape index (κ1) is 16.6. The van der Waals surface area contributed by atoms with E-state index in [1.165, 1.54) is 32.1 Å². The minimum atomic E-state index is -0.464. The van der Waals surface area contributed by atoms with Gasteiger partial charge in [-0.1, -0.05) is 19.3 Å². The van der Waals surface area contributed by atoms with Crippen LogP contribution in [0, 0.1) is 5.92 Å². The molecule has 0 bridgehead atoms. The van der Waals surface area contributed by atoms with Gasteiger partial charge in [-0.2, -0.15) is 0 Å². The van der Waals surface area contributed by atoms with Gasteiger partial charge in [-0.3, -0.25) is 0 Å². The first-order valence-electron chi connectivity index (χ1n) is 8.15. The molecule has 1 atom stereocenters. The number of morpholine rings is 1. The van der Waals surface area contributed by atoms with Crippen molar-refractivity contribution in [3.05, 3.63) is 0 Å². The second-order valence-corrected chi connectivity index (χ2v) is 7.06. The van der Waals surface area contributed by atoms with Crippen LogP contribution in [0.2, 0.25) is 0 Å². The van der Waals surface area contributed by atoms with Crippen molar-refractivity contribution in [1.29, 1.82) is 0 Å². The maximum absolute atomic E-state index is 12.1. The Hall–Kier alpha value is -0.810. The van der Waals surface area contributed by atoms with Crippen LogP contribution in [0.4, 0.5) is 4.79 Å². The van der Waals surface area contributed by atoms with Crippen LogP contribution in [0.1, 0.15) is 52.9 Å². The summed E-state index contributed by atoms with van der Waals surface area (Å²) in [5.41, 5.74) is -0.464. The number of rotatable bonds is 3. The predicted octanol–water partition coefficient (Wildman–Crippen LogP) is 3.18. The fourth-order valence-electron chi connectivity index (χ4n) is 2.81. The van der Waals surface area contributed by atoms with Crippen molar-refractivity contribution >= 4 is 6.09 Å². The Bertz CT molecular complexity index is 334. The first-order chi connectivity index (χ1) is 9.94. The van der Waals surface area contributed by atoms with E-state index in [4.69, 9.17) is 14.2 Å². The standard InChI is InChI=1S/C16H29NO4/c1-16(2,3)21-15(18)17-9-10-19-14(11-17)20-12-13-7-5-4-6-8-13/h13-14H,4-12H2,1-3H3. The number of hydrogen-bond acceptors (Lipinski definition) is 4. The Labute approximate surface area is 127 Å². The average molecular weight is 299 g/mol. The molecular formula is C16H29NO4. The summed E-state index contributed by atoms with van der Waals surface area (Å²) in [7, 11) is 0. The number of ether oxygens (including phenoxy) is 3. The van der Waals surface area contributed by atoms with Crippen molar-refractivity contribution in [2.24, 2.45) is 5.92 Å². The third-order valence-corrected chi connectivity index (χ3v) is 3.93. The van der Waals surface area contributed by atoms with Crippen LogP contribution >= 0.6 is 0 Å². The molecule has 5 heteroatoms. The SMILES string of the molecule is CC(C)(C)OC(=O)N1CCOC(OCC2CCCCC2)C1. The summed E-state index contributed by atoms with van der Waals surface area (Å²) in [6.45, 7) is 7.91. The van der Waals surface area contributed by atoms with Crippen molar-refractivity contribution in [2.75, 3.05) is 26.3 Å². The number of nitrogens with zero attached hydrogens (tertiary/aromatic N) is 1. The fourth-order valence-corrected chi connectivity index (χ4v) is 2.81. The van der Waals surface area contributed by atoms with E-state index in [-0.39, 0.29) is 12.4 Å². The topological polar surface area (TPSA) is 48.0 Å². The molecule has 1 saturated heterocycles. The molecule has 1 saturated carbocycles. The third-order valence-electron chi connectivity index (χ3n) is 3.93. The molecule has 1 aliphatic carbocycles. The highest BCUT2D eigenvalue weighted by Crippen LogP contribution is 2.24. The Balaban J connectivity index is 1.73. The molecule has 2 fully saturated rings. The van der Waals surface area contributed by atoms with Crippen molar-refractivity contribution in [2.45, 2.75) is 64.8 Å². The quantitative estimate of drug-likeness (QED) is 0.803. The highest BCUT2D eigenvalue weighted by atomic mass is 16.7. The van der Waals surface area contributed by atoms with Crippen LogP contribution in [0.15, 0.2) is 0 Å². The summed E-state index contributed by atoms with van der Waals surface area (Å²) in [4.78, 5) is 13.7. The average Bonchev–Trinajstić information content (AvgIpc) is 2.45. The van der Waals surface area contributed by atoms with Crippen LogP contribution < -0.4 is 0 Å². The molecule has 1 unspecified atom stereocenters. The largest absolute Gasteiger partial charge is 0.444 e. The number of carbonyl (C=O) groups excluding carboxylic acids is 1. The van der Waals surface area contributed by atoms with Crippen molar-refractivity contribution < 1.29 is 19.0 Å². The molecule has 1 amide bonds. The van der Waals surface area contributed by atoms with Crippen LogP contribution in [0.5, 0.6) is 0 Å². The molecule has 1 heterocycles. The van der Waals surface area contributed by atoms with Gasteiger partial charge in [0.2, 0.25) is 0 Å². The van der Waals surface area contributed by atoms with Crippen molar-refractivity contribution in [3.63, 3.8) is 0 Å². The molecule has 1 aliphatic heterocycles. The first-order valence-corrected chi connectivity index (χ1v) is 8.15. The lowest BCUT2D eigenvalue weighted by Crippen LogP contribution is -2.48.